The van der Waals surface area contributed by atoms with E-state index in [0.717, 1.165) is 0 Å². The Kier molecular flexibility index (Phi) is 4.90. The predicted octanol–water partition coefficient (Wildman–Crippen LogP) is 2.35. The number of nitrogens with zero attached hydrogens (tertiary/aromatic N) is 1. The highest BCUT2D eigenvalue weighted by atomic mass is 16.6. The smallest absolute Gasteiger partial charge is 0.320 e. The summed E-state index contributed by atoms with van der Waals surface area (Å²) >= 11 is 0. The van der Waals surface area contributed by atoms with Crippen LogP contribution in [0.3, 0.4) is 0 Å². The summed E-state index contributed by atoms with van der Waals surface area (Å²) in [4.78, 5) is 35.6. The standard InChI is InChI=1S/C16H19NO5/c1-2-22-15(19)16(10-6-9-14(16)18)13(11-17(20)21)12-7-4-3-5-8-12/h3-5,7-8,13H,2,6,9-11H2,1H3/t13-,16?/m1/s1. The molecule has 1 unspecified atom stereocenters. The van der Waals surface area contributed by atoms with Gasteiger partial charge in [0.1, 0.15) is 5.41 Å². The van der Waals surface area contributed by atoms with E-state index in [2.05, 4.69) is 0 Å². The molecule has 2 rings (SSSR count). The van der Waals surface area contributed by atoms with Crippen molar-refractivity contribution < 1.29 is 19.2 Å². The number of ketones is 1. The maximum atomic E-state index is 12.5. The van der Waals surface area contributed by atoms with E-state index in [1.54, 1.807) is 37.3 Å². The van der Waals surface area contributed by atoms with Crippen molar-refractivity contribution in [2.24, 2.45) is 5.41 Å². The Morgan fingerprint density at radius 3 is 2.59 bits per heavy atom. The van der Waals surface area contributed by atoms with Gasteiger partial charge in [0.2, 0.25) is 6.54 Å². The Hall–Kier alpha value is -2.24. The maximum absolute atomic E-state index is 12.5. The quantitative estimate of drug-likeness (QED) is 0.348. The predicted molar refractivity (Wildman–Crippen MR) is 79.0 cm³/mol. The normalized spacial score (nSPS) is 22.3. The molecule has 0 bridgehead atoms. The first kappa shape index (κ1) is 16.1. The van der Waals surface area contributed by atoms with Gasteiger partial charge in [0.05, 0.1) is 12.5 Å². The summed E-state index contributed by atoms with van der Waals surface area (Å²) in [5.74, 6) is -1.67. The Balaban J connectivity index is 2.51. The molecule has 0 aromatic heterocycles. The van der Waals surface area contributed by atoms with E-state index < -0.39 is 28.8 Å². The molecule has 0 amide bonds. The lowest BCUT2D eigenvalue weighted by Crippen LogP contribution is -2.44. The minimum atomic E-state index is -1.43. The minimum absolute atomic E-state index is 0.147. The molecule has 118 valence electrons. The summed E-state index contributed by atoms with van der Waals surface area (Å²) in [7, 11) is 0. The van der Waals surface area contributed by atoms with Gasteiger partial charge in [-0.1, -0.05) is 30.3 Å². The summed E-state index contributed by atoms with van der Waals surface area (Å²) in [5, 5.41) is 11.1. The lowest BCUT2D eigenvalue weighted by atomic mass is 9.70. The van der Waals surface area contributed by atoms with Gasteiger partial charge in [-0.05, 0) is 25.3 Å². The van der Waals surface area contributed by atoms with Crippen molar-refractivity contribution in [3.05, 3.63) is 46.0 Å². The monoisotopic (exact) mass is 305 g/mol. The third kappa shape index (κ3) is 2.86. The van der Waals surface area contributed by atoms with Crippen LogP contribution < -0.4 is 0 Å². The third-order valence-corrected chi connectivity index (χ3v) is 4.24. The van der Waals surface area contributed by atoms with E-state index in [-0.39, 0.29) is 18.8 Å². The minimum Gasteiger partial charge on any atom is -0.465 e. The Labute approximate surface area is 128 Å². The highest BCUT2D eigenvalue weighted by Gasteiger charge is 2.57. The second-order valence-electron chi connectivity index (χ2n) is 5.45. The molecule has 0 N–H and O–H groups in total. The Morgan fingerprint density at radius 2 is 2.09 bits per heavy atom. The molecular formula is C16H19NO5. The zero-order chi connectivity index (χ0) is 16.2. The zero-order valence-corrected chi connectivity index (χ0v) is 12.5. The lowest BCUT2D eigenvalue weighted by molar-refractivity contribution is -0.485. The maximum Gasteiger partial charge on any atom is 0.320 e. The highest BCUT2D eigenvalue weighted by Crippen LogP contribution is 2.47. The number of benzene rings is 1. The highest BCUT2D eigenvalue weighted by molar-refractivity contribution is 6.06. The van der Waals surface area contributed by atoms with Gasteiger partial charge < -0.3 is 4.74 Å². The Morgan fingerprint density at radius 1 is 1.41 bits per heavy atom. The molecule has 1 aromatic rings. The van der Waals surface area contributed by atoms with E-state index in [4.69, 9.17) is 4.74 Å². The number of esters is 1. The summed E-state index contributed by atoms with van der Waals surface area (Å²) in [6.45, 7) is 1.35. The molecule has 2 atom stereocenters. The average molecular weight is 305 g/mol. The number of Topliss-reactive ketones (excluding diaryl/α,β-unsaturated/α-hetero) is 1. The van der Waals surface area contributed by atoms with Gasteiger partial charge in [-0.15, -0.1) is 0 Å². The second kappa shape index (κ2) is 6.68. The van der Waals surface area contributed by atoms with Gasteiger partial charge in [0.25, 0.3) is 0 Å². The van der Waals surface area contributed by atoms with Crippen molar-refractivity contribution in [1.82, 2.24) is 0 Å². The van der Waals surface area contributed by atoms with Gasteiger partial charge in [-0.25, -0.2) is 0 Å². The fourth-order valence-electron chi connectivity index (χ4n) is 3.26. The average Bonchev–Trinajstić information content (AvgIpc) is 2.88. The van der Waals surface area contributed by atoms with E-state index in [1.807, 2.05) is 0 Å². The fraction of sp³-hybridized carbons (Fsp3) is 0.500. The van der Waals surface area contributed by atoms with Crippen LogP contribution in [0.2, 0.25) is 0 Å². The van der Waals surface area contributed by atoms with Crippen LogP contribution in [-0.4, -0.2) is 29.8 Å². The first-order valence-corrected chi connectivity index (χ1v) is 7.39. The third-order valence-electron chi connectivity index (χ3n) is 4.24. The van der Waals surface area contributed by atoms with Crippen LogP contribution in [0, 0.1) is 15.5 Å². The van der Waals surface area contributed by atoms with Crippen molar-refractivity contribution in [1.29, 1.82) is 0 Å². The van der Waals surface area contributed by atoms with E-state index in [0.29, 0.717) is 18.4 Å². The van der Waals surface area contributed by atoms with Gasteiger partial charge in [0, 0.05) is 11.3 Å². The number of carbonyl (C=O) groups excluding carboxylic acids is 2. The van der Waals surface area contributed by atoms with Gasteiger partial charge in [0.15, 0.2) is 5.78 Å². The van der Waals surface area contributed by atoms with Crippen LogP contribution in [0.5, 0.6) is 0 Å². The van der Waals surface area contributed by atoms with Crippen LogP contribution in [-0.2, 0) is 14.3 Å². The fourth-order valence-corrected chi connectivity index (χ4v) is 3.26. The van der Waals surface area contributed by atoms with Crippen LogP contribution in [0.25, 0.3) is 0 Å². The van der Waals surface area contributed by atoms with Crippen LogP contribution in [0.1, 0.15) is 37.7 Å². The van der Waals surface area contributed by atoms with E-state index >= 15 is 0 Å². The lowest BCUT2D eigenvalue weighted by Gasteiger charge is -2.31. The molecule has 0 saturated heterocycles. The molecule has 1 fully saturated rings. The zero-order valence-electron chi connectivity index (χ0n) is 12.5. The summed E-state index contributed by atoms with van der Waals surface area (Å²) < 4.78 is 5.10. The SMILES string of the molecule is CCOC(=O)C1([C@H](C[N+](=O)[O-])c2ccccc2)CCCC1=O. The van der Waals surface area contributed by atoms with E-state index in [1.165, 1.54) is 0 Å². The Bertz CT molecular complexity index is 571. The molecule has 1 aliphatic carbocycles. The number of hydrogen-bond donors (Lipinski definition) is 0. The largest absolute Gasteiger partial charge is 0.465 e. The van der Waals surface area contributed by atoms with Crippen molar-refractivity contribution in [2.75, 3.05) is 13.2 Å². The van der Waals surface area contributed by atoms with Gasteiger partial charge in [-0.2, -0.15) is 0 Å². The first-order chi connectivity index (χ1) is 10.5. The van der Waals surface area contributed by atoms with Crippen molar-refractivity contribution in [3.63, 3.8) is 0 Å². The molecule has 0 heterocycles. The first-order valence-electron chi connectivity index (χ1n) is 7.39. The van der Waals surface area contributed by atoms with Gasteiger partial charge in [-0.3, -0.25) is 19.7 Å². The van der Waals surface area contributed by atoms with Crippen LogP contribution >= 0.6 is 0 Å². The topological polar surface area (TPSA) is 86.5 Å². The summed E-state index contributed by atoms with van der Waals surface area (Å²) in [5.41, 5.74) is -0.799. The summed E-state index contributed by atoms with van der Waals surface area (Å²) in [6.07, 6.45) is 1.12. The molecule has 1 aromatic carbocycles. The van der Waals surface area contributed by atoms with Crippen LogP contribution in [0.4, 0.5) is 0 Å². The molecular weight excluding hydrogens is 286 g/mol. The number of nitro groups is 1. The molecule has 6 heteroatoms. The second-order valence-corrected chi connectivity index (χ2v) is 5.45. The number of ether oxygens (including phenoxy) is 1. The molecule has 0 aliphatic heterocycles. The molecule has 6 nitrogen and oxygen atoms in total. The molecule has 1 saturated carbocycles. The van der Waals surface area contributed by atoms with E-state index in [9.17, 15) is 19.7 Å². The number of hydrogen-bond acceptors (Lipinski definition) is 5. The van der Waals surface area contributed by atoms with Crippen molar-refractivity contribution >= 4 is 11.8 Å². The van der Waals surface area contributed by atoms with Gasteiger partial charge >= 0.3 is 5.97 Å². The summed E-state index contributed by atoms with van der Waals surface area (Å²) in [6, 6.07) is 8.74. The van der Waals surface area contributed by atoms with Crippen LogP contribution in [0.15, 0.2) is 30.3 Å². The van der Waals surface area contributed by atoms with Crippen molar-refractivity contribution in [3.8, 4) is 0 Å². The molecule has 0 radical (unpaired) electrons. The number of rotatable bonds is 6. The number of carbonyl (C=O) groups is 2. The molecule has 0 spiro atoms. The molecule has 1 aliphatic rings. The van der Waals surface area contributed by atoms with Crippen molar-refractivity contribution in [2.45, 2.75) is 32.1 Å². The molecule has 22 heavy (non-hydrogen) atoms.